The Balaban J connectivity index is 1.57. The summed E-state index contributed by atoms with van der Waals surface area (Å²) in [5.41, 5.74) is 3.39. The minimum absolute atomic E-state index is 0.0182. The fourth-order valence-corrected chi connectivity index (χ4v) is 4.36. The van der Waals surface area contributed by atoms with Crippen LogP contribution in [0.4, 0.5) is 0 Å². The van der Waals surface area contributed by atoms with Crippen LogP contribution in [-0.2, 0) is 9.59 Å². The molecule has 0 bridgehead atoms. The highest BCUT2D eigenvalue weighted by atomic mass is 16.3. The van der Waals surface area contributed by atoms with Crippen molar-refractivity contribution in [2.45, 2.75) is 44.2 Å². The van der Waals surface area contributed by atoms with Gasteiger partial charge in [0, 0.05) is 24.8 Å². The Hall–Kier alpha value is -2.66. The van der Waals surface area contributed by atoms with E-state index in [-0.39, 0.29) is 42.3 Å². The van der Waals surface area contributed by atoms with E-state index in [2.05, 4.69) is 41.7 Å². The zero-order valence-corrected chi connectivity index (χ0v) is 16.8. The molecule has 2 aliphatic rings. The number of carbonyl (C=O) groups excluding carboxylic acids is 2. The number of aliphatic hydroxyl groups excluding tert-OH is 1. The summed E-state index contributed by atoms with van der Waals surface area (Å²) in [6, 6.07) is 18.2. The molecular formula is C24H28N2O3. The molecule has 0 unspecified atom stereocenters. The zero-order chi connectivity index (χ0) is 20.4. The predicted molar refractivity (Wildman–Crippen MR) is 112 cm³/mol. The number of carbonyl (C=O) groups is 2. The third kappa shape index (κ3) is 3.92. The average Bonchev–Trinajstić information content (AvgIpc) is 3.59. The van der Waals surface area contributed by atoms with Crippen molar-refractivity contribution in [1.82, 2.24) is 10.2 Å². The minimum Gasteiger partial charge on any atom is -0.394 e. The van der Waals surface area contributed by atoms with Gasteiger partial charge in [0.1, 0.15) is 0 Å². The SMILES string of the molecule is CCC(=O)NC[C@H]1[C@H](c2ccc(-c3ccccc3)cc2)[C@H](CO)N1C(=O)C1CC1. The molecule has 152 valence electrons. The molecule has 2 aromatic carbocycles. The van der Waals surface area contributed by atoms with Crippen molar-refractivity contribution in [3.05, 3.63) is 60.2 Å². The van der Waals surface area contributed by atoms with Gasteiger partial charge in [0.25, 0.3) is 0 Å². The smallest absolute Gasteiger partial charge is 0.226 e. The molecule has 2 fully saturated rings. The highest BCUT2D eigenvalue weighted by Gasteiger charge is 2.53. The number of amides is 2. The first-order valence-corrected chi connectivity index (χ1v) is 10.5. The van der Waals surface area contributed by atoms with E-state index < -0.39 is 0 Å². The first kappa shape index (κ1) is 19.6. The first-order valence-electron chi connectivity index (χ1n) is 10.5. The summed E-state index contributed by atoms with van der Waals surface area (Å²) in [4.78, 5) is 26.4. The van der Waals surface area contributed by atoms with Crippen molar-refractivity contribution in [1.29, 1.82) is 0 Å². The van der Waals surface area contributed by atoms with Crippen LogP contribution in [0.1, 0.15) is 37.7 Å². The molecular weight excluding hydrogens is 364 g/mol. The highest BCUT2D eigenvalue weighted by molar-refractivity contribution is 5.83. The van der Waals surface area contributed by atoms with Gasteiger partial charge in [-0.1, -0.05) is 61.5 Å². The molecule has 1 aliphatic carbocycles. The summed E-state index contributed by atoms with van der Waals surface area (Å²) >= 11 is 0. The van der Waals surface area contributed by atoms with Crippen molar-refractivity contribution in [2.75, 3.05) is 13.2 Å². The Morgan fingerprint density at radius 3 is 2.24 bits per heavy atom. The number of aliphatic hydroxyl groups is 1. The molecule has 0 radical (unpaired) electrons. The Morgan fingerprint density at radius 2 is 1.66 bits per heavy atom. The monoisotopic (exact) mass is 392 g/mol. The fourth-order valence-electron chi connectivity index (χ4n) is 4.36. The van der Waals surface area contributed by atoms with E-state index >= 15 is 0 Å². The average molecular weight is 392 g/mol. The fraction of sp³-hybridized carbons (Fsp3) is 0.417. The molecule has 29 heavy (non-hydrogen) atoms. The van der Waals surface area contributed by atoms with Crippen LogP contribution in [0.3, 0.4) is 0 Å². The van der Waals surface area contributed by atoms with Gasteiger partial charge >= 0.3 is 0 Å². The lowest BCUT2D eigenvalue weighted by atomic mass is 9.74. The van der Waals surface area contributed by atoms with E-state index in [4.69, 9.17) is 0 Å². The topological polar surface area (TPSA) is 69.6 Å². The number of nitrogens with one attached hydrogen (secondary N) is 1. The number of benzene rings is 2. The lowest BCUT2D eigenvalue weighted by Crippen LogP contribution is -2.68. The Bertz CT molecular complexity index is 861. The minimum atomic E-state index is -0.228. The second-order valence-corrected chi connectivity index (χ2v) is 8.01. The van der Waals surface area contributed by atoms with Crippen molar-refractivity contribution >= 4 is 11.8 Å². The van der Waals surface area contributed by atoms with Gasteiger partial charge < -0.3 is 15.3 Å². The molecule has 2 aromatic rings. The van der Waals surface area contributed by atoms with Crippen LogP contribution in [-0.4, -0.2) is 47.1 Å². The van der Waals surface area contributed by atoms with Gasteiger partial charge in [-0.05, 0) is 29.5 Å². The van der Waals surface area contributed by atoms with Gasteiger partial charge in [-0.2, -0.15) is 0 Å². The number of nitrogens with zero attached hydrogens (tertiary/aromatic N) is 1. The molecule has 2 amide bonds. The van der Waals surface area contributed by atoms with Gasteiger partial charge in [0.15, 0.2) is 0 Å². The van der Waals surface area contributed by atoms with Crippen LogP contribution in [0.2, 0.25) is 0 Å². The predicted octanol–water partition coefficient (Wildman–Crippen LogP) is 2.95. The molecule has 1 aliphatic heterocycles. The summed E-state index contributed by atoms with van der Waals surface area (Å²) in [5.74, 6) is 0.214. The van der Waals surface area contributed by atoms with E-state index in [1.807, 2.05) is 30.0 Å². The Morgan fingerprint density at radius 1 is 1.00 bits per heavy atom. The molecule has 0 spiro atoms. The normalized spacial score (nSPS) is 23.4. The van der Waals surface area contributed by atoms with E-state index in [0.717, 1.165) is 29.5 Å². The zero-order valence-electron chi connectivity index (χ0n) is 16.8. The summed E-state index contributed by atoms with van der Waals surface area (Å²) in [6.45, 7) is 2.17. The lowest BCUT2D eigenvalue weighted by Gasteiger charge is -2.55. The van der Waals surface area contributed by atoms with Crippen molar-refractivity contribution in [3.63, 3.8) is 0 Å². The lowest BCUT2D eigenvalue weighted by molar-refractivity contribution is -0.152. The third-order valence-electron chi connectivity index (χ3n) is 6.14. The van der Waals surface area contributed by atoms with Crippen LogP contribution >= 0.6 is 0 Å². The molecule has 1 saturated carbocycles. The van der Waals surface area contributed by atoms with E-state index in [9.17, 15) is 14.7 Å². The molecule has 1 saturated heterocycles. The molecule has 5 heteroatoms. The molecule has 4 rings (SSSR count). The summed E-state index contributed by atoms with van der Waals surface area (Å²) in [5, 5.41) is 13.0. The van der Waals surface area contributed by atoms with Gasteiger partial charge in [-0.25, -0.2) is 0 Å². The van der Waals surface area contributed by atoms with E-state index in [1.54, 1.807) is 0 Å². The van der Waals surface area contributed by atoms with Crippen molar-refractivity contribution in [2.24, 2.45) is 5.92 Å². The quantitative estimate of drug-likeness (QED) is 0.761. The Kier molecular flexibility index (Phi) is 5.67. The van der Waals surface area contributed by atoms with Crippen LogP contribution in [0.15, 0.2) is 54.6 Å². The maximum Gasteiger partial charge on any atom is 0.226 e. The number of hydrogen-bond donors (Lipinski definition) is 2. The van der Waals surface area contributed by atoms with E-state index in [0.29, 0.717) is 13.0 Å². The molecule has 1 heterocycles. The molecule has 2 N–H and O–H groups in total. The second kappa shape index (κ2) is 8.37. The molecule has 3 atom stereocenters. The third-order valence-corrected chi connectivity index (χ3v) is 6.14. The summed E-state index contributed by atoms with van der Waals surface area (Å²) in [6.07, 6.45) is 2.28. The maximum atomic E-state index is 12.8. The number of likely N-dealkylation sites (tertiary alicyclic amines) is 1. The molecule has 5 nitrogen and oxygen atoms in total. The summed E-state index contributed by atoms with van der Waals surface area (Å²) in [7, 11) is 0. The van der Waals surface area contributed by atoms with Gasteiger partial charge in [0.2, 0.25) is 11.8 Å². The number of hydrogen-bond acceptors (Lipinski definition) is 3. The standard InChI is InChI=1S/C24H28N2O3/c1-2-22(28)25-14-20-23(21(15-27)26(20)24(29)19-12-13-19)18-10-8-17(9-11-18)16-6-4-3-5-7-16/h3-11,19-21,23,27H,2,12-15H2,1H3,(H,25,28)/t20-,21-,23-/m0/s1. The maximum absolute atomic E-state index is 12.8. The van der Waals surface area contributed by atoms with Crippen LogP contribution in [0.5, 0.6) is 0 Å². The van der Waals surface area contributed by atoms with Gasteiger partial charge in [0.05, 0.1) is 18.7 Å². The Labute approximate surface area is 171 Å². The van der Waals surface area contributed by atoms with E-state index in [1.165, 1.54) is 0 Å². The highest BCUT2D eigenvalue weighted by Crippen LogP contribution is 2.44. The van der Waals surface area contributed by atoms with Crippen LogP contribution in [0.25, 0.3) is 11.1 Å². The van der Waals surface area contributed by atoms with Crippen LogP contribution < -0.4 is 5.32 Å². The second-order valence-electron chi connectivity index (χ2n) is 8.01. The molecule has 0 aromatic heterocycles. The van der Waals surface area contributed by atoms with Crippen molar-refractivity contribution in [3.8, 4) is 11.1 Å². The van der Waals surface area contributed by atoms with Gasteiger partial charge in [-0.15, -0.1) is 0 Å². The first-order chi connectivity index (χ1) is 14.1. The number of rotatable bonds is 7. The van der Waals surface area contributed by atoms with Crippen LogP contribution in [0, 0.1) is 5.92 Å². The largest absolute Gasteiger partial charge is 0.394 e. The summed E-state index contributed by atoms with van der Waals surface area (Å²) < 4.78 is 0. The van der Waals surface area contributed by atoms with Crippen molar-refractivity contribution < 1.29 is 14.7 Å². The van der Waals surface area contributed by atoms with Gasteiger partial charge in [-0.3, -0.25) is 9.59 Å².